The zero-order chi connectivity index (χ0) is 14.9. The van der Waals surface area contributed by atoms with E-state index in [0.717, 1.165) is 5.92 Å². The molecule has 10 radical (unpaired) electrons. The van der Waals surface area contributed by atoms with Crippen LogP contribution in [0.15, 0.2) is 24.3 Å². The second-order valence-electron chi connectivity index (χ2n) is 4.22. The molecule has 0 aliphatic heterocycles. The van der Waals surface area contributed by atoms with Crippen molar-refractivity contribution in [1.29, 1.82) is 0 Å². The van der Waals surface area contributed by atoms with Crippen molar-refractivity contribution in [2.75, 3.05) is 0 Å². The molecule has 3 rings (SSSR count). The average Bonchev–Trinajstić information content (AvgIpc) is 3.21. The first-order valence-electron chi connectivity index (χ1n) is 6.46. The van der Waals surface area contributed by atoms with Crippen molar-refractivity contribution in [3.63, 3.8) is 0 Å². The molecule has 2 aliphatic rings. The first kappa shape index (κ1) is 19.3. The number of benzene rings is 1. The van der Waals surface area contributed by atoms with Gasteiger partial charge >= 0.3 is 17.1 Å². The van der Waals surface area contributed by atoms with Crippen LogP contribution in [0.25, 0.3) is 0 Å². The van der Waals surface area contributed by atoms with E-state index in [9.17, 15) is 4.79 Å². The third kappa shape index (κ3) is 7.01. The molecule has 0 aromatic heterocycles. The maximum Gasteiger partial charge on any atom is 2.00 e. The molecule has 2 aliphatic carbocycles. The van der Waals surface area contributed by atoms with Crippen molar-refractivity contribution in [3.05, 3.63) is 98.6 Å². The molecular formula is C19H13ClFeO+2. The van der Waals surface area contributed by atoms with E-state index in [1.165, 1.54) is 0 Å². The molecule has 3 heteroatoms. The minimum absolute atomic E-state index is 0. The number of carbonyl (C=O) groups excluding carboxylic acids is 1. The number of ketones is 1. The summed E-state index contributed by atoms with van der Waals surface area (Å²) in [4.78, 5) is 11.6. The maximum absolute atomic E-state index is 11.6. The van der Waals surface area contributed by atoms with Gasteiger partial charge in [-0.1, -0.05) is 17.5 Å². The number of rotatable bonds is 1. The number of hydrogen-bond acceptors (Lipinski definition) is 1. The first-order valence-corrected chi connectivity index (χ1v) is 6.84. The van der Waals surface area contributed by atoms with Crippen molar-refractivity contribution in [3.8, 4) is 11.8 Å². The summed E-state index contributed by atoms with van der Waals surface area (Å²) in [6, 6.07) is 6.70. The Morgan fingerprint density at radius 1 is 0.818 bits per heavy atom. The van der Waals surface area contributed by atoms with Gasteiger partial charge in [0.2, 0.25) is 5.78 Å². The summed E-state index contributed by atoms with van der Waals surface area (Å²) in [6.45, 7) is 0. The van der Waals surface area contributed by atoms with Crippen LogP contribution in [-0.2, 0) is 17.1 Å². The van der Waals surface area contributed by atoms with Gasteiger partial charge in [0.1, 0.15) is 0 Å². The molecule has 0 N–H and O–H groups in total. The fourth-order valence-corrected chi connectivity index (χ4v) is 1.71. The Balaban J connectivity index is 0.000000344. The number of carbonyl (C=O) groups is 1. The second kappa shape index (κ2) is 10.9. The van der Waals surface area contributed by atoms with E-state index in [1.54, 1.807) is 24.3 Å². The fraction of sp³-hybridized carbons (Fsp3) is 0. The van der Waals surface area contributed by atoms with Crippen LogP contribution in [0, 0.1) is 75.5 Å². The number of halogens is 1. The minimum atomic E-state index is -0.196. The van der Waals surface area contributed by atoms with E-state index >= 15 is 0 Å². The van der Waals surface area contributed by atoms with Crippen molar-refractivity contribution >= 4 is 17.4 Å². The minimum Gasteiger partial charge on any atom is -0.279 e. The molecule has 0 bridgehead atoms. The molecule has 108 valence electrons. The van der Waals surface area contributed by atoms with Crippen LogP contribution in [-0.4, -0.2) is 5.78 Å². The van der Waals surface area contributed by atoms with Gasteiger partial charge in [-0.15, -0.1) is 0 Å². The Labute approximate surface area is 149 Å². The Morgan fingerprint density at radius 2 is 1.32 bits per heavy atom. The molecule has 0 amide bonds. The molecule has 0 saturated heterocycles. The van der Waals surface area contributed by atoms with Crippen molar-refractivity contribution in [2.45, 2.75) is 0 Å². The van der Waals surface area contributed by atoms with Crippen molar-refractivity contribution in [1.82, 2.24) is 0 Å². The number of Topliss-reactive ketones (excluding diaryl/α,β-unsaturated/α-hetero) is 1. The molecular weight excluding hydrogens is 336 g/mol. The predicted molar refractivity (Wildman–Crippen MR) is 85.5 cm³/mol. The zero-order valence-corrected chi connectivity index (χ0v) is 13.5. The number of hydrogen-bond donors (Lipinski definition) is 0. The van der Waals surface area contributed by atoms with Gasteiger partial charge in [0, 0.05) is 10.6 Å². The summed E-state index contributed by atoms with van der Waals surface area (Å²) in [5.41, 5.74) is 0.559. The van der Waals surface area contributed by atoms with Gasteiger partial charge in [0.15, 0.2) is 0 Å². The topological polar surface area (TPSA) is 17.1 Å². The first-order chi connectivity index (χ1) is 10.3. The Morgan fingerprint density at radius 3 is 1.82 bits per heavy atom. The van der Waals surface area contributed by atoms with Crippen LogP contribution in [0.1, 0.15) is 10.4 Å². The van der Waals surface area contributed by atoms with Crippen LogP contribution in [0.2, 0.25) is 5.02 Å². The largest absolute Gasteiger partial charge is 2.00 e. The average molecular weight is 349 g/mol. The van der Waals surface area contributed by atoms with Gasteiger partial charge in [0.25, 0.3) is 0 Å². The van der Waals surface area contributed by atoms with E-state index in [0.29, 0.717) is 10.6 Å². The molecule has 1 aromatic rings. The third-order valence-corrected chi connectivity index (χ3v) is 2.90. The maximum atomic E-state index is 11.6. The molecule has 1 nitrogen and oxygen atoms in total. The van der Waals surface area contributed by atoms with Gasteiger partial charge < -0.3 is 0 Å². The Kier molecular flexibility index (Phi) is 9.56. The molecule has 22 heavy (non-hydrogen) atoms. The van der Waals surface area contributed by atoms with Gasteiger partial charge in [-0.05, 0) is 88.0 Å². The van der Waals surface area contributed by atoms with Crippen LogP contribution in [0.4, 0.5) is 0 Å². The third-order valence-electron chi connectivity index (χ3n) is 2.65. The Hall–Kier alpha value is -0.741. The van der Waals surface area contributed by atoms with Crippen molar-refractivity contribution in [2.24, 2.45) is 0 Å². The normalized spacial score (nSPS) is 16.8. The monoisotopic (exact) mass is 348 g/mol. The predicted octanol–water partition coefficient (Wildman–Crippen LogP) is 3.95. The standard InChI is InChI=1S/C14H8ClO.C5H5.Fe/c15-13-8-6-12(7-9-13)14(16)10-5-11-3-1-2-4-11;1-2-4-5-3-1;/h1-4,6-9H;1-5H;/q;;+2. The second-order valence-corrected chi connectivity index (χ2v) is 4.66. The van der Waals surface area contributed by atoms with E-state index in [2.05, 4.69) is 11.8 Å². The van der Waals surface area contributed by atoms with Gasteiger partial charge in [0.05, 0.1) is 5.92 Å². The van der Waals surface area contributed by atoms with Gasteiger partial charge in [-0.3, -0.25) is 4.79 Å². The van der Waals surface area contributed by atoms with Crippen molar-refractivity contribution < 1.29 is 21.9 Å². The van der Waals surface area contributed by atoms with Gasteiger partial charge in [-0.2, -0.15) is 0 Å². The van der Waals surface area contributed by atoms with Crippen LogP contribution in [0.3, 0.4) is 0 Å². The van der Waals surface area contributed by atoms with E-state index < -0.39 is 0 Å². The molecule has 0 heterocycles. The van der Waals surface area contributed by atoms with Crippen LogP contribution < -0.4 is 0 Å². The summed E-state index contributed by atoms with van der Waals surface area (Å²) in [7, 11) is 0. The molecule has 2 saturated carbocycles. The summed E-state index contributed by atoms with van der Waals surface area (Å²) in [5, 5.41) is 0.612. The summed E-state index contributed by atoms with van der Waals surface area (Å²) >= 11 is 5.73. The van der Waals surface area contributed by atoms with E-state index in [4.69, 9.17) is 11.6 Å². The fourth-order valence-electron chi connectivity index (χ4n) is 1.58. The Bertz CT molecular complexity index is 495. The molecule has 1 aromatic carbocycles. The van der Waals surface area contributed by atoms with E-state index in [1.807, 2.05) is 57.8 Å². The quantitative estimate of drug-likeness (QED) is 0.325. The molecule has 0 spiro atoms. The van der Waals surface area contributed by atoms with Crippen LogP contribution >= 0.6 is 11.6 Å². The SMILES string of the molecule is O=C(C#C[C]1[CH][CH][CH][CH]1)c1ccc(Cl)cc1.[CH]1[CH][CH][CH][CH]1.[Fe+2]. The van der Waals surface area contributed by atoms with Gasteiger partial charge in [-0.25, -0.2) is 0 Å². The summed E-state index contributed by atoms with van der Waals surface area (Å²) in [5.74, 6) is 6.05. The zero-order valence-electron chi connectivity index (χ0n) is 11.6. The van der Waals surface area contributed by atoms with E-state index in [-0.39, 0.29) is 22.9 Å². The molecule has 0 atom stereocenters. The molecule has 2 fully saturated rings. The smallest absolute Gasteiger partial charge is 0.279 e. The van der Waals surface area contributed by atoms with Crippen LogP contribution in [0.5, 0.6) is 0 Å². The molecule has 0 unspecified atom stereocenters. The summed E-state index contributed by atoms with van der Waals surface area (Å²) in [6.07, 6.45) is 17.5. The summed E-state index contributed by atoms with van der Waals surface area (Å²) < 4.78 is 0.